The van der Waals surface area contributed by atoms with Gasteiger partial charge in [-0.05, 0) is 42.3 Å². The van der Waals surface area contributed by atoms with E-state index in [1.54, 1.807) is 42.5 Å². The number of nitrogens with zero attached hydrogens (tertiary/aromatic N) is 3. The second-order valence-electron chi connectivity index (χ2n) is 7.26. The standard InChI is InChI=1S/C22H23FN4O2S/c1-14(2)12-27-21(18-6-4-5-7-19(18)23)25-26-22(27)30-13-20(29)16-8-10-17(11-9-16)24-15(3)28/h4-11,14H,12-13H2,1-3H3,(H,24,28). The van der Waals surface area contributed by atoms with Crippen molar-refractivity contribution >= 4 is 29.1 Å². The van der Waals surface area contributed by atoms with Crippen LogP contribution in [0.3, 0.4) is 0 Å². The Kier molecular flexibility index (Phi) is 6.99. The van der Waals surface area contributed by atoms with Crippen molar-refractivity contribution in [3.05, 3.63) is 59.9 Å². The highest BCUT2D eigenvalue weighted by molar-refractivity contribution is 7.99. The first-order valence-corrected chi connectivity index (χ1v) is 10.6. The summed E-state index contributed by atoms with van der Waals surface area (Å²) in [6.07, 6.45) is 0. The molecule has 0 unspecified atom stereocenters. The summed E-state index contributed by atoms with van der Waals surface area (Å²) < 4.78 is 16.1. The van der Waals surface area contributed by atoms with Gasteiger partial charge in [-0.25, -0.2) is 4.39 Å². The molecule has 156 valence electrons. The Morgan fingerprint density at radius 2 is 1.80 bits per heavy atom. The molecule has 30 heavy (non-hydrogen) atoms. The van der Waals surface area contributed by atoms with Crippen LogP contribution in [0.15, 0.2) is 53.7 Å². The van der Waals surface area contributed by atoms with Crippen LogP contribution in [0.25, 0.3) is 11.4 Å². The number of rotatable bonds is 8. The first kappa shape index (κ1) is 21.7. The van der Waals surface area contributed by atoms with E-state index in [4.69, 9.17) is 0 Å². The number of carbonyl (C=O) groups is 2. The predicted molar refractivity (Wildman–Crippen MR) is 116 cm³/mol. The third-order valence-corrected chi connectivity index (χ3v) is 5.21. The molecule has 0 bridgehead atoms. The van der Waals surface area contributed by atoms with Crippen LogP contribution in [0.4, 0.5) is 10.1 Å². The van der Waals surface area contributed by atoms with Gasteiger partial charge in [-0.2, -0.15) is 0 Å². The van der Waals surface area contributed by atoms with Crippen LogP contribution < -0.4 is 5.32 Å². The van der Waals surface area contributed by atoms with E-state index in [0.717, 1.165) is 0 Å². The molecule has 1 heterocycles. The summed E-state index contributed by atoms with van der Waals surface area (Å²) in [5.41, 5.74) is 1.57. The molecule has 0 aliphatic heterocycles. The summed E-state index contributed by atoms with van der Waals surface area (Å²) in [5, 5.41) is 11.6. The lowest BCUT2D eigenvalue weighted by molar-refractivity contribution is -0.114. The van der Waals surface area contributed by atoms with Gasteiger partial charge < -0.3 is 9.88 Å². The SMILES string of the molecule is CC(=O)Nc1ccc(C(=O)CSc2nnc(-c3ccccc3F)n2CC(C)C)cc1. The van der Waals surface area contributed by atoms with Crippen LogP contribution in [0.5, 0.6) is 0 Å². The molecule has 0 spiro atoms. The largest absolute Gasteiger partial charge is 0.326 e. The molecule has 1 amide bonds. The number of thioether (sulfide) groups is 1. The van der Waals surface area contributed by atoms with Crippen molar-refractivity contribution in [1.82, 2.24) is 14.8 Å². The highest BCUT2D eigenvalue weighted by Crippen LogP contribution is 2.27. The molecular weight excluding hydrogens is 403 g/mol. The molecule has 1 aromatic heterocycles. The van der Waals surface area contributed by atoms with Gasteiger partial charge in [0, 0.05) is 24.7 Å². The van der Waals surface area contributed by atoms with E-state index in [-0.39, 0.29) is 23.3 Å². The number of amides is 1. The fraction of sp³-hybridized carbons (Fsp3) is 0.273. The van der Waals surface area contributed by atoms with E-state index in [9.17, 15) is 14.0 Å². The summed E-state index contributed by atoms with van der Waals surface area (Å²) in [7, 11) is 0. The molecule has 1 N–H and O–H groups in total. The Balaban J connectivity index is 1.77. The summed E-state index contributed by atoms with van der Waals surface area (Å²) in [6.45, 7) is 6.15. The van der Waals surface area contributed by atoms with E-state index < -0.39 is 0 Å². The van der Waals surface area contributed by atoms with Gasteiger partial charge in [-0.15, -0.1) is 10.2 Å². The fourth-order valence-electron chi connectivity index (χ4n) is 2.92. The number of anilines is 1. The van der Waals surface area contributed by atoms with E-state index in [0.29, 0.717) is 40.3 Å². The lowest BCUT2D eigenvalue weighted by Gasteiger charge is -2.12. The van der Waals surface area contributed by atoms with Gasteiger partial charge in [0.2, 0.25) is 5.91 Å². The first-order chi connectivity index (χ1) is 14.3. The molecule has 0 saturated heterocycles. The number of nitrogens with one attached hydrogen (secondary N) is 1. The van der Waals surface area contributed by atoms with Gasteiger partial charge in [0.1, 0.15) is 5.82 Å². The normalized spacial score (nSPS) is 11.0. The van der Waals surface area contributed by atoms with Gasteiger partial charge in [0.05, 0.1) is 11.3 Å². The van der Waals surface area contributed by atoms with Crippen molar-refractivity contribution in [2.45, 2.75) is 32.5 Å². The number of halogens is 1. The molecule has 0 radical (unpaired) electrons. The quantitative estimate of drug-likeness (QED) is 0.418. The Morgan fingerprint density at radius 3 is 2.43 bits per heavy atom. The van der Waals surface area contributed by atoms with E-state index in [2.05, 4.69) is 29.4 Å². The molecule has 8 heteroatoms. The zero-order valence-corrected chi connectivity index (χ0v) is 17.9. The lowest BCUT2D eigenvalue weighted by atomic mass is 10.1. The maximum atomic E-state index is 14.3. The minimum Gasteiger partial charge on any atom is -0.326 e. The predicted octanol–water partition coefficient (Wildman–Crippen LogP) is 4.67. The van der Waals surface area contributed by atoms with Crippen molar-refractivity contribution in [2.75, 3.05) is 11.1 Å². The van der Waals surface area contributed by atoms with Gasteiger partial charge in [-0.3, -0.25) is 9.59 Å². The monoisotopic (exact) mass is 426 g/mol. The van der Waals surface area contributed by atoms with Crippen LogP contribution in [0.1, 0.15) is 31.1 Å². The van der Waals surface area contributed by atoms with Crippen LogP contribution >= 0.6 is 11.8 Å². The molecule has 3 aromatic rings. The molecule has 0 atom stereocenters. The zero-order valence-electron chi connectivity index (χ0n) is 17.1. The lowest BCUT2D eigenvalue weighted by Crippen LogP contribution is -2.10. The molecule has 2 aromatic carbocycles. The maximum Gasteiger partial charge on any atom is 0.221 e. The van der Waals surface area contributed by atoms with E-state index in [1.807, 2.05) is 4.57 Å². The third kappa shape index (κ3) is 5.33. The maximum absolute atomic E-state index is 14.3. The van der Waals surface area contributed by atoms with Crippen molar-refractivity contribution in [3.8, 4) is 11.4 Å². The summed E-state index contributed by atoms with van der Waals surface area (Å²) in [5.74, 6) is 0.328. The highest BCUT2D eigenvalue weighted by atomic mass is 32.2. The Hall–Kier alpha value is -3.00. The molecule has 0 aliphatic rings. The number of aromatic nitrogens is 3. The average molecular weight is 427 g/mol. The number of carbonyl (C=O) groups excluding carboxylic acids is 2. The van der Waals surface area contributed by atoms with Crippen LogP contribution in [-0.4, -0.2) is 32.2 Å². The van der Waals surface area contributed by atoms with Gasteiger partial charge in [0.15, 0.2) is 16.8 Å². The molecule has 6 nitrogen and oxygen atoms in total. The number of hydrogen-bond donors (Lipinski definition) is 1. The van der Waals surface area contributed by atoms with Crippen molar-refractivity contribution in [3.63, 3.8) is 0 Å². The Morgan fingerprint density at radius 1 is 1.10 bits per heavy atom. The highest BCUT2D eigenvalue weighted by Gasteiger charge is 2.19. The molecule has 0 saturated carbocycles. The van der Waals surface area contributed by atoms with Crippen LogP contribution in [0.2, 0.25) is 0 Å². The summed E-state index contributed by atoms with van der Waals surface area (Å²) in [6, 6.07) is 13.2. The number of hydrogen-bond acceptors (Lipinski definition) is 5. The Labute approximate surface area is 178 Å². The van der Waals surface area contributed by atoms with Crippen molar-refractivity contribution in [1.29, 1.82) is 0 Å². The molecule has 3 rings (SSSR count). The van der Waals surface area contributed by atoms with Crippen LogP contribution in [-0.2, 0) is 11.3 Å². The average Bonchev–Trinajstić information content (AvgIpc) is 3.08. The minimum atomic E-state index is -0.359. The van der Waals surface area contributed by atoms with Crippen LogP contribution in [0, 0.1) is 11.7 Å². The second-order valence-corrected chi connectivity index (χ2v) is 8.20. The summed E-state index contributed by atoms with van der Waals surface area (Å²) >= 11 is 1.28. The summed E-state index contributed by atoms with van der Waals surface area (Å²) in [4.78, 5) is 23.7. The Bertz CT molecular complexity index is 1050. The number of Topliss-reactive ketones (excluding diaryl/α,β-unsaturated/α-hetero) is 1. The third-order valence-electron chi connectivity index (χ3n) is 4.24. The molecule has 0 fully saturated rings. The first-order valence-electron chi connectivity index (χ1n) is 9.57. The van der Waals surface area contributed by atoms with E-state index >= 15 is 0 Å². The van der Waals surface area contributed by atoms with E-state index in [1.165, 1.54) is 24.8 Å². The van der Waals surface area contributed by atoms with Crippen molar-refractivity contribution < 1.29 is 14.0 Å². The molecule has 0 aliphatic carbocycles. The zero-order chi connectivity index (χ0) is 21.7. The minimum absolute atomic E-state index is 0.0686. The number of ketones is 1. The second kappa shape index (κ2) is 9.67. The van der Waals surface area contributed by atoms with Gasteiger partial charge >= 0.3 is 0 Å². The number of benzene rings is 2. The van der Waals surface area contributed by atoms with Gasteiger partial charge in [0.25, 0.3) is 0 Å². The fourth-order valence-corrected chi connectivity index (χ4v) is 3.77. The smallest absolute Gasteiger partial charge is 0.221 e. The topological polar surface area (TPSA) is 76.9 Å². The van der Waals surface area contributed by atoms with Gasteiger partial charge in [-0.1, -0.05) is 37.7 Å². The van der Waals surface area contributed by atoms with Crippen molar-refractivity contribution in [2.24, 2.45) is 5.92 Å². The molecular formula is C22H23FN4O2S.